The Balaban J connectivity index is 1.35. The molecular weight excluding hydrogens is 410 g/mol. The van der Waals surface area contributed by atoms with Crippen molar-refractivity contribution in [3.8, 4) is 10.4 Å². The minimum Gasteiger partial charge on any atom is -0.454 e. The fourth-order valence-corrected chi connectivity index (χ4v) is 4.72. The number of ether oxygens (including phenoxy) is 1. The average molecular weight is 423 g/mol. The first-order valence-electron chi connectivity index (χ1n) is 8.69. The van der Waals surface area contributed by atoms with Crippen LogP contribution in [0.5, 0.6) is 0 Å². The van der Waals surface area contributed by atoms with Crippen LogP contribution in [0.15, 0.2) is 62.7 Å². The van der Waals surface area contributed by atoms with Gasteiger partial charge in [-0.3, -0.25) is 14.2 Å². The van der Waals surface area contributed by atoms with Crippen molar-refractivity contribution in [3.63, 3.8) is 0 Å². The maximum absolute atomic E-state index is 12.9. The summed E-state index contributed by atoms with van der Waals surface area (Å²) in [6, 6.07) is 11.2. The number of hydrogen-bond acceptors (Lipinski definition) is 8. The van der Waals surface area contributed by atoms with Gasteiger partial charge in [0.15, 0.2) is 12.2 Å². The molecule has 4 aromatic heterocycles. The Labute approximate surface area is 171 Å². The van der Waals surface area contributed by atoms with E-state index < -0.39 is 5.97 Å². The Morgan fingerprint density at radius 3 is 2.90 bits per heavy atom. The summed E-state index contributed by atoms with van der Waals surface area (Å²) in [6.07, 6.45) is 1.38. The van der Waals surface area contributed by atoms with Gasteiger partial charge in [0.2, 0.25) is 5.89 Å². The molecule has 0 saturated heterocycles. The van der Waals surface area contributed by atoms with Crippen molar-refractivity contribution in [2.75, 3.05) is 0 Å². The van der Waals surface area contributed by atoms with Crippen molar-refractivity contribution in [1.82, 2.24) is 14.5 Å². The highest BCUT2D eigenvalue weighted by molar-refractivity contribution is 7.18. The lowest BCUT2D eigenvalue weighted by Gasteiger charge is -2.06. The van der Waals surface area contributed by atoms with Gasteiger partial charge in [0, 0.05) is 15.8 Å². The van der Waals surface area contributed by atoms with Crippen LogP contribution in [0, 0.1) is 0 Å². The molecule has 1 aromatic carbocycles. The Bertz CT molecular complexity index is 1350. The number of aromatic nitrogens is 3. The quantitative estimate of drug-likeness (QED) is 0.396. The number of carbonyl (C=O) groups excluding carboxylic acids is 1. The van der Waals surface area contributed by atoms with E-state index in [2.05, 4.69) is 9.97 Å². The molecule has 5 rings (SSSR count). The maximum atomic E-state index is 12.9. The van der Waals surface area contributed by atoms with Gasteiger partial charge in [0.1, 0.15) is 16.9 Å². The second-order valence-electron chi connectivity index (χ2n) is 6.22. The number of rotatable bonds is 5. The minimum atomic E-state index is -0.566. The zero-order valence-corrected chi connectivity index (χ0v) is 16.5. The topological polar surface area (TPSA) is 87.2 Å². The molecule has 0 fully saturated rings. The summed E-state index contributed by atoms with van der Waals surface area (Å²) >= 11 is 2.96. The van der Waals surface area contributed by atoms with Gasteiger partial charge < -0.3 is 9.15 Å². The van der Waals surface area contributed by atoms with Crippen LogP contribution < -0.4 is 5.56 Å². The van der Waals surface area contributed by atoms with E-state index in [1.807, 2.05) is 41.1 Å². The van der Waals surface area contributed by atoms with Gasteiger partial charge in [0.25, 0.3) is 5.56 Å². The SMILES string of the molecule is O=C(Cn1cnc2scc(-c3cccs3)c2c1=O)OCc1nc2ccccc2o1. The highest BCUT2D eigenvalue weighted by atomic mass is 32.1. The van der Waals surface area contributed by atoms with Crippen LogP contribution in [0.1, 0.15) is 5.89 Å². The summed E-state index contributed by atoms with van der Waals surface area (Å²) in [4.78, 5) is 35.4. The third-order valence-corrected chi connectivity index (χ3v) is 6.13. The van der Waals surface area contributed by atoms with Gasteiger partial charge in [-0.05, 0) is 23.6 Å². The smallest absolute Gasteiger partial charge is 0.326 e. The number of para-hydroxylation sites is 2. The zero-order chi connectivity index (χ0) is 19.8. The first kappa shape index (κ1) is 17.8. The van der Waals surface area contributed by atoms with E-state index in [4.69, 9.17) is 9.15 Å². The van der Waals surface area contributed by atoms with E-state index in [1.165, 1.54) is 22.2 Å². The van der Waals surface area contributed by atoms with E-state index in [-0.39, 0.29) is 18.7 Å². The second kappa shape index (κ2) is 7.26. The summed E-state index contributed by atoms with van der Waals surface area (Å²) in [5, 5.41) is 4.39. The number of fused-ring (bicyclic) bond motifs is 2. The lowest BCUT2D eigenvalue weighted by molar-refractivity contribution is -0.146. The molecule has 7 nitrogen and oxygen atoms in total. The molecule has 29 heavy (non-hydrogen) atoms. The second-order valence-corrected chi connectivity index (χ2v) is 8.03. The Morgan fingerprint density at radius 2 is 2.07 bits per heavy atom. The number of carbonyl (C=O) groups is 1. The van der Waals surface area contributed by atoms with Crippen molar-refractivity contribution >= 4 is 50.0 Å². The molecule has 0 aliphatic rings. The van der Waals surface area contributed by atoms with Crippen molar-refractivity contribution in [2.45, 2.75) is 13.2 Å². The number of hydrogen-bond donors (Lipinski definition) is 0. The summed E-state index contributed by atoms with van der Waals surface area (Å²) in [6.45, 7) is -0.335. The van der Waals surface area contributed by atoms with Crippen LogP contribution in [0.3, 0.4) is 0 Å². The normalized spacial score (nSPS) is 11.3. The summed E-state index contributed by atoms with van der Waals surface area (Å²) in [7, 11) is 0. The molecule has 0 unspecified atom stereocenters. The van der Waals surface area contributed by atoms with Crippen molar-refractivity contribution in [2.24, 2.45) is 0 Å². The van der Waals surface area contributed by atoms with Gasteiger partial charge in [-0.15, -0.1) is 22.7 Å². The number of nitrogens with zero attached hydrogens (tertiary/aromatic N) is 3. The van der Waals surface area contributed by atoms with E-state index in [1.54, 1.807) is 17.4 Å². The predicted molar refractivity (Wildman–Crippen MR) is 111 cm³/mol. The average Bonchev–Trinajstić information content (AvgIpc) is 3.47. The van der Waals surface area contributed by atoms with Gasteiger partial charge in [-0.25, -0.2) is 9.97 Å². The molecule has 0 radical (unpaired) electrons. The van der Waals surface area contributed by atoms with Gasteiger partial charge in [0.05, 0.1) is 11.7 Å². The van der Waals surface area contributed by atoms with E-state index in [0.29, 0.717) is 27.2 Å². The third kappa shape index (κ3) is 3.34. The van der Waals surface area contributed by atoms with Crippen LogP contribution in [0.25, 0.3) is 31.8 Å². The largest absolute Gasteiger partial charge is 0.454 e. The summed E-state index contributed by atoms with van der Waals surface area (Å²) in [5.74, 6) is -0.262. The molecule has 144 valence electrons. The molecule has 0 spiro atoms. The number of oxazole rings is 1. The molecule has 0 aliphatic carbocycles. The number of thiophene rings is 2. The summed E-state index contributed by atoms with van der Waals surface area (Å²) in [5.41, 5.74) is 1.90. The fourth-order valence-electron chi connectivity index (χ4n) is 3.00. The first-order valence-corrected chi connectivity index (χ1v) is 10.5. The predicted octanol–water partition coefficient (Wildman–Crippen LogP) is 4.07. The van der Waals surface area contributed by atoms with Gasteiger partial charge >= 0.3 is 5.97 Å². The standard InChI is InChI=1S/C20H13N3O4S2/c24-17(26-9-16-22-13-4-1-2-5-14(13)27-16)8-23-11-21-19-18(20(23)25)12(10-29-19)15-6-3-7-28-15/h1-7,10-11H,8-9H2. The third-order valence-electron chi connectivity index (χ3n) is 4.34. The first-order chi connectivity index (χ1) is 14.2. The van der Waals surface area contributed by atoms with Crippen LogP contribution in [0.4, 0.5) is 0 Å². The van der Waals surface area contributed by atoms with Crippen molar-refractivity contribution < 1.29 is 13.9 Å². The van der Waals surface area contributed by atoms with E-state index in [9.17, 15) is 9.59 Å². The van der Waals surface area contributed by atoms with Crippen LogP contribution in [-0.4, -0.2) is 20.5 Å². The van der Waals surface area contributed by atoms with Crippen molar-refractivity contribution in [1.29, 1.82) is 0 Å². The molecule has 0 bridgehead atoms. The molecular formula is C20H13N3O4S2. The van der Waals surface area contributed by atoms with E-state index >= 15 is 0 Å². The minimum absolute atomic E-state index is 0.100. The molecule has 4 heterocycles. The monoisotopic (exact) mass is 423 g/mol. The Morgan fingerprint density at radius 1 is 1.17 bits per heavy atom. The Kier molecular flexibility index (Phi) is 4.45. The number of esters is 1. The summed E-state index contributed by atoms with van der Waals surface area (Å²) < 4.78 is 12.0. The lowest BCUT2D eigenvalue weighted by Crippen LogP contribution is -2.25. The highest BCUT2D eigenvalue weighted by Crippen LogP contribution is 2.33. The Hall–Kier alpha value is -3.30. The van der Waals surface area contributed by atoms with Crippen LogP contribution in [0.2, 0.25) is 0 Å². The maximum Gasteiger partial charge on any atom is 0.326 e. The highest BCUT2D eigenvalue weighted by Gasteiger charge is 2.16. The van der Waals surface area contributed by atoms with Gasteiger partial charge in [-0.2, -0.15) is 0 Å². The van der Waals surface area contributed by atoms with Crippen LogP contribution in [-0.2, 0) is 22.7 Å². The molecule has 0 N–H and O–H groups in total. The van der Waals surface area contributed by atoms with Crippen LogP contribution >= 0.6 is 22.7 Å². The van der Waals surface area contributed by atoms with E-state index in [0.717, 1.165) is 10.4 Å². The lowest BCUT2D eigenvalue weighted by atomic mass is 10.2. The fraction of sp³-hybridized carbons (Fsp3) is 0.100. The molecule has 9 heteroatoms. The van der Waals surface area contributed by atoms with Gasteiger partial charge in [-0.1, -0.05) is 18.2 Å². The molecule has 0 saturated carbocycles. The molecule has 0 atom stereocenters. The molecule has 0 amide bonds. The molecule has 0 aliphatic heterocycles. The van der Waals surface area contributed by atoms with Crippen molar-refractivity contribution in [3.05, 3.63) is 69.7 Å². The molecule has 5 aromatic rings. The zero-order valence-electron chi connectivity index (χ0n) is 14.9. The number of benzene rings is 1.